The number of amides is 1. The highest BCUT2D eigenvalue weighted by Crippen LogP contribution is 2.36. The maximum Gasteiger partial charge on any atom is 0.573 e. The summed E-state index contributed by atoms with van der Waals surface area (Å²) in [6.07, 6.45) is -3.91. The summed E-state index contributed by atoms with van der Waals surface area (Å²) in [6.45, 7) is 6.52. The fourth-order valence-corrected chi connectivity index (χ4v) is 3.34. The molecule has 0 saturated carbocycles. The Bertz CT molecular complexity index is 1050. The van der Waals surface area contributed by atoms with Crippen molar-refractivity contribution < 1.29 is 36.7 Å². The normalized spacial score (nSPS) is 16.8. The fourth-order valence-electron chi connectivity index (χ4n) is 3.34. The lowest BCUT2D eigenvalue weighted by molar-refractivity contribution is -0.274. The van der Waals surface area contributed by atoms with Gasteiger partial charge in [-0.2, -0.15) is 10.1 Å². The summed E-state index contributed by atoms with van der Waals surface area (Å²) in [5.74, 6) is -2.33. The van der Waals surface area contributed by atoms with E-state index in [1.807, 2.05) is 0 Å². The topological polar surface area (TPSA) is 81.3 Å². The molecule has 0 fully saturated rings. The Morgan fingerprint density at radius 3 is 2.31 bits per heavy atom. The van der Waals surface area contributed by atoms with Crippen LogP contribution in [0.1, 0.15) is 49.7 Å². The van der Waals surface area contributed by atoms with Crippen molar-refractivity contribution in [1.29, 1.82) is 0 Å². The molecule has 1 aromatic carbocycles. The highest BCUT2D eigenvalue weighted by atomic mass is 19.4. The van der Waals surface area contributed by atoms with Crippen LogP contribution in [0.3, 0.4) is 0 Å². The van der Waals surface area contributed by atoms with Crippen LogP contribution in [0.25, 0.3) is 0 Å². The van der Waals surface area contributed by atoms with E-state index in [0.717, 1.165) is 17.1 Å². The van der Waals surface area contributed by atoms with Gasteiger partial charge < -0.3 is 13.9 Å². The van der Waals surface area contributed by atoms with E-state index in [2.05, 4.69) is 9.84 Å². The van der Waals surface area contributed by atoms with Gasteiger partial charge in [0.05, 0.1) is 29.6 Å². The predicted molar refractivity (Wildman–Crippen MR) is 108 cm³/mol. The third-order valence-corrected chi connectivity index (χ3v) is 4.61. The van der Waals surface area contributed by atoms with E-state index in [0.29, 0.717) is 11.3 Å². The van der Waals surface area contributed by atoms with E-state index in [1.165, 1.54) is 24.5 Å². The molecule has 7 nitrogen and oxygen atoms in total. The number of halogens is 3. The van der Waals surface area contributed by atoms with Crippen LogP contribution in [0.15, 0.2) is 63.5 Å². The van der Waals surface area contributed by atoms with Crippen molar-refractivity contribution >= 4 is 17.6 Å². The van der Waals surface area contributed by atoms with Crippen LogP contribution in [-0.2, 0) is 9.53 Å². The average Bonchev–Trinajstić information content (AvgIpc) is 3.22. The zero-order valence-corrected chi connectivity index (χ0v) is 17.8. The quantitative estimate of drug-likeness (QED) is 0.598. The molecule has 1 atom stereocenters. The Balaban J connectivity index is 2.03. The Hall–Kier alpha value is -3.56. The van der Waals surface area contributed by atoms with Gasteiger partial charge in [0.15, 0.2) is 5.76 Å². The van der Waals surface area contributed by atoms with Gasteiger partial charge in [0, 0.05) is 5.71 Å². The summed E-state index contributed by atoms with van der Waals surface area (Å²) in [4.78, 5) is 25.8. The molecule has 2 aromatic rings. The first-order valence-electron chi connectivity index (χ1n) is 9.68. The second kappa shape index (κ2) is 8.89. The number of carbonyl (C=O) groups is 2. The van der Waals surface area contributed by atoms with Crippen molar-refractivity contribution in [2.45, 2.75) is 46.1 Å². The van der Waals surface area contributed by atoms with Gasteiger partial charge in [-0.15, -0.1) is 13.2 Å². The maximum absolute atomic E-state index is 13.0. The largest absolute Gasteiger partial charge is 0.573 e. The summed E-state index contributed by atoms with van der Waals surface area (Å²) in [7, 11) is 0. The number of benzene rings is 1. The van der Waals surface area contributed by atoms with E-state index in [9.17, 15) is 22.8 Å². The van der Waals surface area contributed by atoms with Crippen molar-refractivity contribution in [2.24, 2.45) is 5.10 Å². The smallest absolute Gasteiger partial charge is 0.460 e. The zero-order chi connectivity index (χ0) is 23.6. The second-order valence-electron chi connectivity index (χ2n) is 7.34. The van der Waals surface area contributed by atoms with Gasteiger partial charge in [-0.1, -0.05) is 12.1 Å². The maximum atomic E-state index is 13.0. The molecule has 10 heteroatoms. The second-order valence-corrected chi connectivity index (χ2v) is 7.34. The summed E-state index contributed by atoms with van der Waals surface area (Å²) in [5, 5.41) is 5.39. The molecular formula is C22H21F3N2O5. The van der Waals surface area contributed by atoms with Gasteiger partial charge in [0.1, 0.15) is 5.75 Å². The number of hydrazone groups is 1. The van der Waals surface area contributed by atoms with Gasteiger partial charge in [0.2, 0.25) is 0 Å². The number of alkyl halides is 3. The van der Waals surface area contributed by atoms with Crippen molar-refractivity contribution in [2.75, 3.05) is 0 Å². The average molecular weight is 450 g/mol. The molecular weight excluding hydrogens is 429 g/mol. The Labute approximate surface area is 182 Å². The lowest BCUT2D eigenvalue weighted by Crippen LogP contribution is -2.36. The number of hydrogen-bond acceptors (Lipinski definition) is 6. The molecule has 32 heavy (non-hydrogen) atoms. The number of carbonyl (C=O) groups excluding carboxylic acids is 2. The number of rotatable bonds is 5. The molecule has 0 radical (unpaired) electrons. The third kappa shape index (κ3) is 5.01. The number of allylic oxidation sites excluding steroid dienone is 1. The van der Waals surface area contributed by atoms with Crippen LogP contribution in [0.4, 0.5) is 13.2 Å². The van der Waals surface area contributed by atoms with Crippen LogP contribution in [0.2, 0.25) is 0 Å². The molecule has 0 aliphatic carbocycles. The number of furan rings is 1. The first-order chi connectivity index (χ1) is 15.0. The molecule has 0 bridgehead atoms. The van der Waals surface area contributed by atoms with E-state index in [1.54, 1.807) is 33.8 Å². The highest BCUT2D eigenvalue weighted by Gasteiger charge is 2.37. The molecule has 3 rings (SSSR count). The van der Waals surface area contributed by atoms with Crippen LogP contribution in [0.5, 0.6) is 5.75 Å². The van der Waals surface area contributed by atoms with Crippen molar-refractivity contribution in [3.63, 3.8) is 0 Å². The first kappa shape index (κ1) is 23.1. The van der Waals surface area contributed by atoms with Crippen molar-refractivity contribution in [3.05, 3.63) is 65.3 Å². The SMILES string of the molecule is CC1=NN(C(=O)c2ccco2)C(C)=C(C(=O)OC(C)C)C1c1ccc(OC(F)(F)F)cc1. The van der Waals surface area contributed by atoms with E-state index in [4.69, 9.17) is 9.15 Å². The van der Waals surface area contributed by atoms with Crippen molar-refractivity contribution in [3.8, 4) is 5.75 Å². The Morgan fingerprint density at radius 2 is 1.78 bits per heavy atom. The van der Waals surface area contributed by atoms with Crippen LogP contribution in [-0.4, -0.2) is 35.1 Å². The summed E-state index contributed by atoms with van der Waals surface area (Å²) >= 11 is 0. The summed E-state index contributed by atoms with van der Waals surface area (Å²) in [5.41, 5.74) is 1.23. The monoisotopic (exact) mass is 450 g/mol. The fraction of sp³-hybridized carbons (Fsp3) is 0.318. The molecule has 2 heterocycles. The minimum absolute atomic E-state index is 0.0320. The number of hydrogen-bond donors (Lipinski definition) is 0. The molecule has 0 N–H and O–H groups in total. The number of ether oxygens (including phenoxy) is 2. The summed E-state index contributed by atoms with van der Waals surface area (Å²) in [6, 6.07) is 8.13. The highest BCUT2D eigenvalue weighted by molar-refractivity contribution is 6.06. The number of nitrogens with zero attached hydrogens (tertiary/aromatic N) is 2. The molecule has 1 aliphatic rings. The predicted octanol–water partition coefficient (Wildman–Crippen LogP) is 5.02. The van der Waals surface area contributed by atoms with Gasteiger partial charge in [-0.25, -0.2) is 4.79 Å². The Kier molecular flexibility index (Phi) is 6.42. The minimum atomic E-state index is -4.82. The first-order valence-corrected chi connectivity index (χ1v) is 9.68. The van der Waals surface area contributed by atoms with E-state index < -0.39 is 36.0 Å². The molecule has 0 spiro atoms. The lowest BCUT2D eigenvalue weighted by Gasteiger charge is -2.31. The zero-order valence-electron chi connectivity index (χ0n) is 17.8. The standard InChI is InChI=1S/C22H21F3N2O5/c1-12(2)31-21(29)19-14(4)27(20(28)17-6-5-11-30-17)26-13(3)18(19)15-7-9-16(10-8-15)32-22(23,24)25/h5-12,18H,1-4H3. The van der Waals surface area contributed by atoms with Gasteiger partial charge in [0.25, 0.3) is 0 Å². The Morgan fingerprint density at radius 1 is 1.12 bits per heavy atom. The number of esters is 1. The van der Waals surface area contributed by atoms with Crippen LogP contribution >= 0.6 is 0 Å². The van der Waals surface area contributed by atoms with Crippen LogP contribution < -0.4 is 4.74 Å². The van der Waals surface area contributed by atoms with Gasteiger partial charge in [-0.05, 0) is 57.5 Å². The molecule has 1 aromatic heterocycles. The van der Waals surface area contributed by atoms with Gasteiger partial charge >= 0.3 is 18.2 Å². The molecule has 1 aliphatic heterocycles. The lowest BCUT2D eigenvalue weighted by atomic mass is 9.85. The van der Waals surface area contributed by atoms with Crippen molar-refractivity contribution in [1.82, 2.24) is 5.01 Å². The molecule has 0 saturated heterocycles. The molecule has 1 unspecified atom stereocenters. The third-order valence-electron chi connectivity index (χ3n) is 4.61. The molecule has 1 amide bonds. The minimum Gasteiger partial charge on any atom is -0.460 e. The van der Waals surface area contributed by atoms with Gasteiger partial charge in [-0.3, -0.25) is 4.79 Å². The van der Waals surface area contributed by atoms with Crippen LogP contribution in [0, 0.1) is 0 Å². The summed E-state index contributed by atoms with van der Waals surface area (Å²) < 4.78 is 51.9. The van der Waals surface area contributed by atoms with E-state index in [-0.39, 0.29) is 17.0 Å². The van der Waals surface area contributed by atoms with E-state index >= 15 is 0 Å². The molecule has 170 valence electrons.